The van der Waals surface area contributed by atoms with Gasteiger partial charge in [-0.2, -0.15) is 0 Å². The zero-order chi connectivity index (χ0) is 23.1. The Balaban J connectivity index is 1.64. The third kappa shape index (κ3) is 5.46. The lowest BCUT2D eigenvalue weighted by atomic mass is 9.98. The number of fused-ring (bicyclic) bond motifs is 3. The molecule has 32 heavy (non-hydrogen) atoms. The molecule has 166 valence electrons. The highest BCUT2D eigenvalue weighted by Crippen LogP contribution is 2.44. The minimum atomic E-state index is -1.02. The number of amides is 2. The second-order valence-electron chi connectivity index (χ2n) is 7.66. The van der Waals surface area contributed by atoms with Crippen LogP contribution in [-0.4, -0.2) is 41.8 Å². The molecular weight excluding hydrogens is 408 g/mol. The number of hydrogen-bond acceptors (Lipinski definition) is 4. The Labute approximate surface area is 187 Å². The van der Waals surface area contributed by atoms with Gasteiger partial charge < -0.3 is 20.5 Å². The van der Waals surface area contributed by atoms with E-state index in [-0.39, 0.29) is 25.4 Å². The maximum Gasteiger partial charge on any atom is 0.407 e. The van der Waals surface area contributed by atoms with Crippen molar-refractivity contribution >= 4 is 18.0 Å². The summed E-state index contributed by atoms with van der Waals surface area (Å²) in [6.07, 6.45) is -0.856. The van der Waals surface area contributed by atoms with E-state index in [1.165, 1.54) is 0 Å². The van der Waals surface area contributed by atoms with Crippen LogP contribution in [-0.2, 0) is 14.3 Å². The van der Waals surface area contributed by atoms with Crippen molar-refractivity contribution in [3.05, 3.63) is 59.7 Å². The Morgan fingerprint density at radius 3 is 2.19 bits per heavy atom. The van der Waals surface area contributed by atoms with Crippen molar-refractivity contribution in [1.82, 2.24) is 10.6 Å². The zero-order valence-electron chi connectivity index (χ0n) is 18.1. The summed E-state index contributed by atoms with van der Waals surface area (Å²) >= 11 is 0. The molecule has 0 aliphatic heterocycles. The summed E-state index contributed by atoms with van der Waals surface area (Å²) in [7, 11) is 0. The molecule has 0 bridgehead atoms. The van der Waals surface area contributed by atoms with E-state index in [2.05, 4.69) is 34.6 Å². The van der Waals surface area contributed by atoms with Crippen molar-refractivity contribution in [2.24, 2.45) is 0 Å². The number of rotatable bonds is 8. The smallest absolute Gasteiger partial charge is 0.407 e. The molecule has 0 saturated heterocycles. The number of aliphatic carboxylic acids is 1. The molecule has 0 radical (unpaired) electrons. The predicted octanol–water partition coefficient (Wildman–Crippen LogP) is 3.29. The summed E-state index contributed by atoms with van der Waals surface area (Å²) in [5, 5.41) is 14.0. The summed E-state index contributed by atoms with van der Waals surface area (Å²) in [6, 6.07) is 14.5. The van der Waals surface area contributed by atoms with E-state index in [0.29, 0.717) is 0 Å². The average Bonchev–Trinajstić information content (AvgIpc) is 3.08. The van der Waals surface area contributed by atoms with Crippen molar-refractivity contribution in [1.29, 1.82) is 0 Å². The number of carboxylic acid groups (broad SMARTS) is 1. The van der Waals surface area contributed by atoms with E-state index < -0.39 is 30.1 Å². The van der Waals surface area contributed by atoms with Gasteiger partial charge >= 0.3 is 12.1 Å². The van der Waals surface area contributed by atoms with E-state index in [1.54, 1.807) is 13.8 Å². The minimum Gasteiger partial charge on any atom is -0.481 e. The van der Waals surface area contributed by atoms with E-state index in [1.807, 2.05) is 36.4 Å². The molecule has 1 unspecified atom stereocenters. The Hall–Kier alpha value is -3.79. The van der Waals surface area contributed by atoms with Gasteiger partial charge in [0.1, 0.15) is 12.6 Å². The number of benzene rings is 2. The number of carbonyl (C=O) groups excluding carboxylic acids is 2. The quantitative estimate of drug-likeness (QED) is 0.553. The molecule has 0 fully saturated rings. The second kappa shape index (κ2) is 10.5. The number of alkyl carbamates (subject to hydrolysis) is 1. The van der Waals surface area contributed by atoms with E-state index >= 15 is 0 Å². The molecule has 3 N–H and O–H groups in total. The number of hydrogen-bond donors (Lipinski definition) is 3. The molecule has 2 amide bonds. The first-order valence-electron chi connectivity index (χ1n) is 10.4. The van der Waals surface area contributed by atoms with Crippen LogP contribution in [0.5, 0.6) is 0 Å². The van der Waals surface area contributed by atoms with E-state index in [9.17, 15) is 14.4 Å². The molecular formula is C25H26N2O5. The number of carboxylic acids is 1. The average molecular weight is 434 g/mol. The largest absolute Gasteiger partial charge is 0.481 e. The molecule has 2 atom stereocenters. The highest BCUT2D eigenvalue weighted by atomic mass is 16.5. The number of nitrogens with one attached hydrogen (secondary N) is 2. The molecule has 0 heterocycles. The third-order valence-corrected chi connectivity index (χ3v) is 5.30. The Morgan fingerprint density at radius 2 is 1.62 bits per heavy atom. The van der Waals surface area contributed by atoms with Crippen LogP contribution in [0.25, 0.3) is 11.1 Å². The van der Waals surface area contributed by atoms with Crippen molar-refractivity contribution < 1.29 is 24.2 Å². The fourth-order valence-corrected chi connectivity index (χ4v) is 3.85. The molecule has 2 aromatic rings. The molecule has 1 aliphatic rings. The summed E-state index contributed by atoms with van der Waals surface area (Å²) < 4.78 is 5.50. The zero-order valence-corrected chi connectivity index (χ0v) is 18.1. The van der Waals surface area contributed by atoms with Gasteiger partial charge in [-0.1, -0.05) is 48.5 Å². The van der Waals surface area contributed by atoms with Gasteiger partial charge in [-0.15, -0.1) is 11.8 Å². The molecule has 7 heteroatoms. The molecule has 0 saturated carbocycles. The molecule has 3 rings (SSSR count). The summed E-state index contributed by atoms with van der Waals surface area (Å²) in [5.41, 5.74) is 4.44. The topological polar surface area (TPSA) is 105 Å². The van der Waals surface area contributed by atoms with Crippen LogP contribution in [0.4, 0.5) is 4.79 Å². The first-order chi connectivity index (χ1) is 15.4. The number of carbonyl (C=O) groups is 3. The van der Waals surface area contributed by atoms with Crippen molar-refractivity contribution in [3.8, 4) is 23.0 Å². The first-order valence-corrected chi connectivity index (χ1v) is 10.4. The van der Waals surface area contributed by atoms with E-state index in [0.717, 1.165) is 22.3 Å². The summed E-state index contributed by atoms with van der Waals surface area (Å²) in [6.45, 7) is 3.35. The second-order valence-corrected chi connectivity index (χ2v) is 7.66. The van der Waals surface area contributed by atoms with Crippen LogP contribution in [0.2, 0.25) is 0 Å². The van der Waals surface area contributed by atoms with Crippen molar-refractivity contribution in [2.45, 2.75) is 44.7 Å². The summed E-state index contributed by atoms with van der Waals surface area (Å²) in [5.74, 6) is 3.85. The Bertz CT molecular complexity index is 1020. The van der Waals surface area contributed by atoms with Gasteiger partial charge in [0.05, 0.1) is 6.42 Å². The fraction of sp³-hybridized carbons (Fsp3) is 0.320. The SMILES string of the molecule is CC#CCC(NC(=O)OCC1c2ccccc2-c2ccccc21)C(=O)N[C@H](C)CC(=O)O. The Morgan fingerprint density at radius 1 is 1.03 bits per heavy atom. The van der Waals surface area contributed by atoms with Crippen LogP contribution in [0.1, 0.15) is 43.7 Å². The first kappa shape index (κ1) is 22.9. The van der Waals surface area contributed by atoms with Gasteiger partial charge in [-0.25, -0.2) is 4.79 Å². The van der Waals surface area contributed by atoms with Gasteiger partial charge in [0.25, 0.3) is 0 Å². The lowest BCUT2D eigenvalue weighted by Crippen LogP contribution is -2.49. The van der Waals surface area contributed by atoms with Crippen LogP contribution in [0.15, 0.2) is 48.5 Å². The van der Waals surface area contributed by atoms with Gasteiger partial charge in [-0.3, -0.25) is 9.59 Å². The third-order valence-electron chi connectivity index (χ3n) is 5.30. The number of ether oxygens (including phenoxy) is 1. The minimum absolute atomic E-state index is 0.0896. The van der Waals surface area contributed by atoms with Crippen molar-refractivity contribution in [3.63, 3.8) is 0 Å². The highest BCUT2D eigenvalue weighted by molar-refractivity contribution is 5.86. The van der Waals surface area contributed by atoms with Gasteiger partial charge in [-0.05, 0) is 36.1 Å². The van der Waals surface area contributed by atoms with Crippen LogP contribution in [0, 0.1) is 11.8 Å². The van der Waals surface area contributed by atoms with Gasteiger partial charge in [0.2, 0.25) is 5.91 Å². The van der Waals surface area contributed by atoms with Crippen LogP contribution in [0.3, 0.4) is 0 Å². The molecule has 0 spiro atoms. The highest BCUT2D eigenvalue weighted by Gasteiger charge is 2.30. The van der Waals surface area contributed by atoms with Crippen LogP contribution >= 0.6 is 0 Å². The van der Waals surface area contributed by atoms with Crippen molar-refractivity contribution in [2.75, 3.05) is 6.61 Å². The standard InChI is InChI=1S/C25H26N2O5/c1-3-4-13-22(24(30)26-16(2)14-23(28)29)27-25(31)32-15-21-19-11-7-5-9-17(19)18-10-6-8-12-20(18)21/h5-12,16,21-22H,13-15H2,1-2H3,(H,26,30)(H,27,31)(H,28,29)/t16-,22?/m1/s1. The van der Waals surface area contributed by atoms with Gasteiger partial charge in [0.15, 0.2) is 0 Å². The lowest BCUT2D eigenvalue weighted by molar-refractivity contribution is -0.137. The monoisotopic (exact) mass is 434 g/mol. The molecule has 1 aliphatic carbocycles. The van der Waals surface area contributed by atoms with Crippen LogP contribution < -0.4 is 10.6 Å². The molecule has 7 nitrogen and oxygen atoms in total. The maximum atomic E-state index is 12.5. The fourth-order valence-electron chi connectivity index (χ4n) is 3.85. The molecule has 0 aromatic heterocycles. The normalized spacial score (nSPS) is 13.6. The maximum absolute atomic E-state index is 12.5. The molecule has 2 aromatic carbocycles. The lowest BCUT2D eigenvalue weighted by Gasteiger charge is -2.20. The van der Waals surface area contributed by atoms with E-state index in [4.69, 9.17) is 9.84 Å². The predicted molar refractivity (Wildman–Crippen MR) is 120 cm³/mol. The Kier molecular flexibility index (Phi) is 7.50. The summed E-state index contributed by atoms with van der Waals surface area (Å²) in [4.78, 5) is 35.9. The van der Waals surface area contributed by atoms with Gasteiger partial charge in [0, 0.05) is 18.4 Å².